The van der Waals surface area contributed by atoms with Crippen LogP contribution in [0.3, 0.4) is 0 Å². The number of aromatic nitrogens is 3. The minimum Gasteiger partial charge on any atom is -0.497 e. The maximum atomic E-state index is 9.32. The van der Waals surface area contributed by atoms with Gasteiger partial charge in [-0.05, 0) is 37.1 Å². The van der Waals surface area contributed by atoms with Crippen LogP contribution in [0.5, 0.6) is 5.75 Å². The molecule has 2 aromatic rings. The predicted octanol–water partition coefficient (Wildman–Crippen LogP) is 2.11. The van der Waals surface area contributed by atoms with Crippen molar-refractivity contribution in [1.82, 2.24) is 15.0 Å². The SMILES string of the molecule is CCCCc1c(CO)nnn1-c1ccc(OC)cc1. The third-order valence-electron chi connectivity index (χ3n) is 3.08. The van der Waals surface area contributed by atoms with Crippen molar-refractivity contribution in [2.75, 3.05) is 7.11 Å². The van der Waals surface area contributed by atoms with Crippen LogP contribution in [0, 0.1) is 0 Å². The molecule has 1 heterocycles. The molecule has 0 fully saturated rings. The van der Waals surface area contributed by atoms with Crippen LogP contribution in [0.2, 0.25) is 0 Å². The molecule has 2 rings (SSSR count). The van der Waals surface area contributed by atoms with E-state index in [1.165, 1.54) is 0 Å². The molecule has 19 heavy (non-hydrogen) atoms. The van der Waals surface area contributed by atoms with E-state index in [1.807, 2.05) is 24.3 Å². The molecule has 0 radical (unpaired) electrons. The van der Waals surface area contributed by atoms with Crippen LogP contribution in [0.15, 0.2) is 24.3 Å². The van der Waals surface area contributed by atoms with E-state index in [0.29, 0.717) is 5.69 Å². The molecule has 0 aliphatic rings. The highest BCUT2D eigenvalue weighted by Gasteiger charge is 2.13. The van der Waals surface area contributed by atoms with Crippen LogP contribution < -0.4 is 4.74 Å². The number of unbranched alkanes of at least 4 members (excludes halogenated alkanes) is 1. The molecule has 5 heteroatoms. The fraction of sp³-hybridized carbons (Fsp3) is 0.429. The van der Waals surface area contributed by atoms with Gasteiger partial charge in [0.05, 0.1) is 25.1 Å². The minimum atomic E-state index is -0.0742. The van der Waals surface area contributed by atoms with Crippen LogP contribution in [-0.4, -0.2) is 27.2 Å². The summed E-state index contributed by atoms with van der Waals surface area (Å²) in [4.78, 5) is 0. The van der Waals surface area contributed by atoms with Gasteiger partial charge in [-0.3, -0.25) is 0 Å². The van der Waals surface area contributed by atoms with Crippen LogP contribution in [0.1, 0.15) is 31.2 Å². The molecular weight excluding hydrogens is 242 g/mol. The Morgan fingerprint density at radius 1 is 1.26 bits per heavy atom. The van der Waals surface area contributed by atoms with Crippen LogP contribution in [0.4, 0.5) is 0 Å². The summed E-state index contributed by atoms with van der Waals surface area (Å²) in [5, 5.41) is 17.5. The minimum absolute atomic E-state index is 0.0742. The smallest absolute Gasteiger partial charge is 0.119 e. The summed E-state index contributed by atoms with van der Waals surface area (Å²) < 4.78 is 6.93. The topological polar surface area (TPSA) is 60.2 Å². The van der Waals surface area contributed by atoms with Crippen molar-refractivity contribution in [2.45, 2.75) is 32.8 Å². The summed E-state index contributed by atoms with van der Waals surface area (Å²) >= 11 is 0. The normalized spacial score (nSPS) is 10.7. The number of hydrogen-bond acceptors (Lipinski definition) is 4. The highest BCUT2D eigenvalue weighted by Crippen LogP contribution is 2.18. The van der Waals surface area contributed by atoms with Crippen molar-refractivity contribution in [3.8, 4) is 11.4 Å². The fourth-order valence-corrected chi connectivity index (χ4v) is 1.98. The van der Waals surface area contributed by atoms with Crippen molar-refractivity contribution in [3.05, 3.63) is 35.7 Å². The lowest BCUT2D eigenvalue weighted by molar-refractivity contribution is 0.275. The highest BCUT2D eigenvalue weighted by atomic mass is 16.5. The summed E-state index contributed by atoms with van der Waals surface area (Å²) in [5.41, 5.74) is 2.57. The van der Waals surface area contributed by atoms with Crippen molar-refractivity contribution in [1.29, 1.82) is 0 Å². The van der Waals surface area contributed by atoms with E-state index < -0.39 is 0 Å². The van der Waals surface area contributed by atoms with Gasteiger partial charge in [-0.15, -0.1) is 5.10 Å². The monoisotopic (exact) mass is 261 g/mol. The molecule has 0 atom stereocenters. The quantitative estimate of drug-likeness (QED) is 0.865. The molecule has 5 nitrogen and oxygen atoms in total. The lowest BCUT2D eigenvalue weighted by Crippen LogP contribution is -2.04. The molecular formula is C14H19N3O2. The van der Waals surface area contributed by atoms with Crippen molar-refractivity contribution >= 4 is 0 Å². The molecule has 1 N–H and O–H groups in total. The van der Waals surface area contributed by atoms with Gasteiger partial charge in [0.15, 0.2) is 0 Å². The Morgan fingerprint density at radius 3 is 2.58 bits per heavy atom. The Hall–Kier alpha value is -1.88. The summed E-state index contributed by atoms with van der Waals surface area (Å²) in [6.45, 7) is 2.06. The molecule has 0 saturated heterocycles. The Balaban J connectivity index is 2.34. The standard InChI is InChI=1S/C14H19N3O2/c1-3-4-5-14-13(10-18)15-16-17(14)11-6-8-12(19-2)9-7-11/h6-9,18H,3-5,10H2,1-2H3. The molecule has 0 aliphatic heterocycles. The van der Waals surface area contributed by atoms with E-state index in [9.17, 15) is 5.11 Å². The van der Waals surface area contributed by atoms with Gasteiger partial charge >= 0.3 is 0 Å². The van der Waals surface area contributed by atoms with Gasteiger partial charge in [-0.1, -0.05) is 18.6 Å². The first kappa shape index (κ1) is 13.5. The first-order valence-electron chi connectivity index (χ1n) is 6.49. The second kappa shape index (κ2) is 6.33. The number of benzene rings is 1. The second-order valence-corrected chi connectivity index (χ2v) is 4.35. The highest BCUT2D eigenvalue weighted by molar-refractivity contribution is 5.38. The number of hydrogen-bond donors (Lipinski definition) is 1. The average molecular weight is 261 g/mol. The van der Waals surface area contributed by atoms with E-state index in [-0.39, 0.29) is 6.61 Å². The largest absolute Gasteiger partial charge is 0.497 e. The zero-order chi connectivity index (χ0) is 13.7. The van der Waals surface area contributed by atoms with Gasteiger partial charge in [0.1, 0.15) is 11.4 Å². The van der Waals surface area contributed by atoms with Crippen molar-refractivity contribution < 1.29 is 9.84 Å². The van der Waals surface area contributed by atoms with Gasteiger partial charge in [-0.2, -0.15) is 0 Å². The lowest BCUT2D eigenvalue weighted by Gasteiger charge is -2.08. The van der Waals surface area contributed by atoms with Crippen molar-refractivity contribution in [3.63, 3.8) is 0 Å². The van der Waals surface area contributed by atoms with E-state index in [2.05, 4.69) is 17.2 Å². The molecule has 1 aromatic heterocycles. The summed E-state index contributed by atoms with van der Waals surface area (Å²) in [6, 6.07) is 7.65. The second-order valence-electron chi connectivity index (χ2n) is 4.35. The van der Waals surface area contributed by atoms with Gasteiger partial charge in [0.25, 0.3) is 0 Å². The zero-order valence-corrected chi connectivity index (χ0v) is 11.3. The third-order valence-corrected chi connectivity index (χ3v) is 3.08. The number of aliphatic hydroxyl groups is 1. The molecule has 0 bridgehead atoms. The fourth-order valence-electron chi connectivity index (χ4n) is 1.98. The zero-order valence-electron chi connectivity index (χ0n) is 11.3. The van der Waals surface area contributed by atoms with Gasteiger partial charge in [-0.25, -0.2) is 4.68 Å². The Labute approximate surface area is 112 Å². The first-order chi connectivity index (χ1) is 9.30. The third kappa shape index (κ3) is 2.93. The number of nitrogens with zero attached hydrogens (tertiary/aromatic N) is 3. The lowest BCUT2D eigenvalue weighted by atomic mass is 10.1. The van der Waals surface area contributed by atoms with E-state index in [1.54, 1.807) is 11.8 Å². The summed E-state index contributed by atoms with van der Waals surface area (Å²) in [7, 11) is 1.64. The van der Waals surface area contributed by atoms with E-state index in [0.717, 1.165) is 36.4 Å². The van der Waals surface area contributed by atoms with Gasteiger partial charge in [0.2, 0.25) is 0 Å². The first-order valence-corrected chi connectivity index (χ1v) is 6.49. The molecule has 0 aliphatic carbocycles. The predicted molar refractivity (Wildman–Crippen MR) is 72.4 cm³/mol. The van der Waals surface area contributed by atoms with Crippen LogP contribution >= 0.6 is 0 Å². The maximum Gasteiger partial charge on any atom is 0.119 e. The Kier molecular flexibility index (Phi) is 4.52. The van der Waals surface area contributed by atoms with Gasteiger partial charge in [0, 0.05) is 0 Å². The molecule has 1 aromatic carbocycles. The van der Waals surface area contributed by atoms with E-state index in [4.69, 9.17) is 4.74 Å². The summed E-state index contributed by atoms with van der Waals surface area (Å²) in [6.07, 6.45) is 3.01. The molecule has 0 amide bonds. The maximum absolute atomic E-state index is 9.32. The molecule has 0 saturated carbocycles. The van der Waals surface area contributed by atoms with Gasteiger partial charge < -0.3 is 9.84 Å². The Bertz CT molecular complexity index is 520. The molecule has 0 unspecified atom stereocenters. The van der Waals surface area contributed by atoms with Crippen LogP contribution in [-0.2, 0) is 13.0 Å². The van der Waals surface area contributed by atoms with Crippen molar-refractivity contribution in [2.24, 2.45) is 0 Å². The van der Waals surface area contributed by atoms with E-state index >= 15 is 0 Å². The summed E-state index contributed by atoms with van der Waals surface area (Å²) in [5.74, 6) is 0.807. The number of methoxy groups -OCH3 is 1. The molecule has 0 spiro atoms. The number of aliphatic hydroxyl groups excluding tert-OH is 1. The number of ether oxygens (including phenoxy) is 1. The van der Waals surface area contributed by atoms with Crippen LogP contribution in [0.25, 0.3) is 5.69 Å². The Morgan fingerprint density at radius 2 is 2.00 bits per heavy atom. The number of rotatable bonds is 6. The molecule has 102 valence electrons. The average Bonchev–Trinajstić information content (AvgIpc) is 2.88.